The van der Waals surface area contributed by atoms with Crippen molar-refractivity contribution in [3.05, 3.63) is 54.1 Å². The minimum atomic E-state index is -0.667. The number of amides is 2. The van der Waals surface area contributed by atoms with Crippen LogP contribution in [-0.4, -0.2) is 33.6 Å². The SMILES string of the molecule is N#C[C@H]1CN(c2ncc(Cl)cn2)C(=O)N1c1cncc2ccccc12. The zero-order chi connectivity index (χ0) is 17.4. The molecule has 0 saturated carbocycles. The zero-order valence-corrected chi connectivity index (χ0v) is 13.6. The number of carbonyl (C=O) groups excluding carboxylic acids is 1. The highest BCUT2D eigenvalue weighted by atomic mass is 35.5. The van der Waals surface area contributed by atoms with Gasteiger partial charge in [0.15, 0.2) is 0 Å². The molecular weight excluding hydrogens is 340 g/mol. The third-order valence-corrected chi connectivity index (χ3v) is 4.20. The van der Waals surface area contributed by atoms with E-state index in [0.717, 1.165) is 10.8 Å². The maximum atomic E-state index is 13.0. The zero-order valence-electron chi connectivity index (χ0n) is 12.9. The molecule has 2 aromatic heterocycles. The van der Waals surface area contributed by atoms with E-state index in [-0.39, 0.29) is 18.5 Å². The summed E-state index contributed by atoms with van der Waals surface area (Å²) in [6.07, 6.45) is 6.15. The van der Waals surface area contributed by atoms with E-state index in [4.69, 9.17) is 11.6 Å². The monoisotopic (exact) mass is 350 g/mol. The Morgan fingerprint density at radius 1 is 1.16 bits per heavy atom. The number of pyridine rings is 1. The lowest BCUT2D eigenvalue weighted by atomic mass is 10.1. The van der Waals surface area contributed by atoms with E-state index < -0.39 is 6.04 Å². The van der Waals surface area contributed by atoms with Crippen LogP contribution in [0.3, 0.4) is 0 Å². The van der Waals surface area contributed by atoms with Crippen LogP contribution in [0.4, 0.5) is 16.4 Å². The molecule has 4 rings (SSSR count). The van der Waals surface area contributed by atoms with Crippen molar-refractivity contribution in [3.8, 4) is 6.07 Å². The molecule has 3 heterocycles. The summed E-state index contributed by atoms with van der Waals surface area (Å²) < 4.78 is 0. The Balaban J connectivity index is 1.80. The van der Waals surface area contributed by atoms with Crippen LogP contribution in [0.5, 0.6) is 0 Å². The number of fused-ring (bicyclic) bond motifs is 1. The van der Waals surface area contributed by atoms with Crippen LogP contribution in [0, 0.1) is 11.3 Å². The van der Waals surface area contributed by atoms with Crippen LogP contribution in [0.2, 0.25) is 5.02 Å². The van der Waals surface area contributed by atoms with Gasteiger partial charge in [0.1, 0.15) is 6.04 Å². The van der Waals surface area contributed by atoms with Crippen molar-refractivity contribution in [2.45, 2.75) is 6.04 Å². The number of hydrogen-bond donors (Lipinski definition) is 0. The van der Waals surface area contributed by atoms with E-state index in [1.165, 1.54) is 22.2 Å². The Hall–Kier alpha value is -3.24. The first-order chi connectivity index (χ1) is 12.2. The molecule has 0 radical (unpaired) electrons. The van der Waals surface area contributed by atoms with E-state index in [0.29, 0.717) is 10.7 Å². The molecule has 1 fully saturated rings. The predicted octanol–water partition coefficient (Wildman–Crippen LogP) is 3.02. The Morgan fingerprint density at radius 2 is 1.92 bits per heavy atom. The van der Waals surface area contributed by atoms with Gasteiger partial charge in [-0.25, -0.2) is 14.8 Å². The number of aromatic nitrogens is 3. The van der Waals surface area contributed by atoms with Gasteiger partial charge in [0.2, 0.25) is 5.95 Å². The number of benzene rings is 1. The molecular formula is C17H11ClN6O. The molecule has 1 atom stereocenters. The van der Waals surface area contributed by atoms with E-state index >= 15 is 0 Å². The van der Waals surface area contributed by atoms with Crippen molar-refractivity contribution in [1.82, 2.24) is 15.0 Å². The van der Waals surface area contributed by atoms with E-state index in [2.05, 4.69) is 21.0 Å². The maximum Gasteiger partial charge on any atom is 0.332 e. The van der Waals surface area contributed by atoms with E-state index in [1.54, 1.807) is 12.4 Å². The normalized spacial score (nSPS) is 17.1. The second-order valence-corrected chi connectivity index (χ2v) is 5.93. The van der Waals surface area contributed by atoms with Crippen molar-refractivity contribution in [2.75, 3.05) is 16.3 Å². The van der Waals surface area contributed by atoms with Crippen molar-refractivity contribution in [1.29, 1.82) is 5.26 Å². The van der Waals surface area contributed by atoms with Gasteiger partial charge < -0.3 is 0 Å². The molecule has 1 aromatic carbocycles. The van der Waals surface area contributed by atoms with Gasteiger partial charge in [0.05, 0.1) is 41.9 Å². The summed E-state index contributed by atoms with van der Waals surface area (Å²) in [7, 11) is 0. The first kappa shape index (κ1) is 15.3. The van der Waals surface area contributed by atoms with Gasteiger partial charge in [-0.3, -0.25) is 14.8 Å². The number of urea groups is 1. The Kier molecular flexibility index (Phi) is 3.67. The molecule has 0 N–H and O–H groups in total. The number of nitrogens with zero attached hydrogens (tertiary/aromatic N) is 6. The fourth-order valence-electron chi connectivity index (χ4n) is 2.87. The molecule has 25 heavy (non-hydrogen) atoms. The highest BCUT2D eigenvalue weighted by molar-refractivity contribution is 6.30. The van der Waals surface area contributed by atoms with Crippen molar-refractivity contribution >= 4 is 40.0 Å². The van der Waals surface area contributed by atoms with Crippen LogP contribution in [0.25, 0.3) is 10.8 Å². The largest absolute Gasteiger partial charge is 0.332 e. The van der Waals surface area contributed by atoms with Crippen LogP contribution in [0.1, 0.15) is 0 Å². The fraction of sp³-hybridized carbons (Fsp3) is 0.118. The number of halogens is 1. The summed E-state index contributed by atoms with van der Waals surface area (Å²) >= 11 is 5.80. The summed E-state index contributed by atoms with van der Waals surface area (Å²) in [4.78, 5) is 28.1. The lowest BCUT2D eigenvalue weighted by molar-refractivity contribution is 0.255. The van der Waals surface area contributed by atoms with Gasteiger partial charge in [-0.1, -0.05) is 35.9 Å². The van der Waals surface area contributed by atoms with Gasteiger partial charge in [-0.2, -0.15) is 5.26 Å². The Morgan fingerprint density at radius 3 is 2.68 bits per heavy atom. The van der Waals surface area contributed by atoms with Gasteiger partial charge >= 0.3 is 6.03 Å². The Labute approximate surface area is 148 Å². The number of rotatable bonds is 2. The number of anilines is 2. The number of carbonyl (C=O) groups is 1. The molecule has 7 nitrogen and oxygen atoms in total. The van der Waals surface area contributed by atoms with Crippen molar-refractivity contribution in [3.63, 3.8) is 0 Å². The maximum absolute atomic E-state index is 13.0. The topological polar surface area (TPSA) is 86.0 Å². The molecule has 0 aliphatic carbocycles. The number of nitriles is 1. The summed E-state index contributed by atoms with van der Waals surface area (Å²) in [6, 6.07) is 8.73. The second-order valence-electron chi connectivity index (χ2n) is 5.49. The van der Waals surface area contributed by atoms with Crippen molar-refractivity contribution in [2.24, 2.45) is 0 Å². The van der Waals surface area contributed by atoms with Gasteiger partial charge in [-0.15, -0.1) is 0 Å². The first-order valence-electron chi connectivity index (χ1n) is 7.49. The summed E-state index contributed by atoms with van der Waals surface area (Å²) in [6.45, 7) is 0.167. The smallest absolute Gasteiger partial charge is 0.273 e. The average Bonchev–Trinajstić information content (AvgIpc) is 2.98. The molecule has 1 aliphatic heterocycles. The van der Waals surface area contributed by atoms with Crippen LogP contribution >= 0.6 is 11.6 Å². The molecule has 1 aliphatic rings. The number of hydrogen-bond acceptors (Lipinski definition) is 5. The van der Waals surface area contributed by atoms with Gasteiger partial charge in [0.25, 0.3) is 0 Å². The lowest BCUT2D eigenvalue weighted by Crippen LogP contribution is -2.35. The molecule has 0 bridgehead atoms. The minimum Gasteiger partial charge on any atom is -0.273 e. The molecule has 122 valence electrons. The van der Waals surface area contributed by atoms with Crippen LogP contribution in [0.15, 0.2) is 49.1 Å². The highest BCUT2D eigenvalue weighted by Gasteiger charge is 2.41. The van der Waals surface area contributed by atoms with Crippen molar-refractivity contribution < 1.29 is 4.79 Å². The van der Waals surface area contributed by atoms with Gasteiger partial charge in [-0.05, 0) is 0 Å². The van der Waals surface area contributed by atoms with Crippen LogP contribution < -0.4 is 9.80 Å². The average molecular weight is 351 g/mol. The third-order valence-electron chi connectivity index (χ3n) is 4.01. The molecule has 0 unspecified atom stereocenters. The van der Waals surface area contributed by atoms with E-state index in [9.17, 15) is 10.1 Å². The van der Waals surface area contributed by atoms with Gasteiger partial charge in [0, 0.05) is 17.0 Å². The Bertz CT molecular complexity index is 995. The standard InChI is InChI=1S/C17H11ClN6O/c18-12-7-21-16(22-8-12)23-10-13(5-19)24(17(23)25)15-9-20-6-11-3-1-2-4-14(11)15/h1-4,6-9,13H,10H2/t13-/m0/s1. The lowest BCUT2D eigenvalue weighted by Gasteiger charge is -2.20. The summed E-state index contributed by atoms with van der Waals surface area (Å²) in [5.41, 5.74) is 0.589. The molecule has 0 spiro atoms. The minimum absolute atomic E-state index is 0.167. The molecule has 1 saturated heterocycles. The fourth-order valence-corrected chi connectivity index (χ4v) is 2.97. The predicted molar refractivity (Wildman–Crippen MR) is 93.4 cm³/mol. The van der Waals surface area contributed by atoms with E-state index in [1.807, 2.05) is 24.3 Å². The second kappa shape index (κ2) is 6.00. The quantitative estimate of drug-likeness (QED) is 0.709. The first-order valence-corrected chi connectivity index (χ1v) is 7.87. The molecule has 8 heteroatoms. The van der Waals surface area contributed by atoms with Crippen LogP contribution in [-0.2, 0) is 0 Å². The summed E-state index contributed by atoms with van der Waals surface area (Å²) in [5.74, 6) is 0.213. The molecule has 3 aromatic rings. The molecule has 2 amide bonds. The third kappa shape index (κ3) is 2.53. The highest BCUT2D eigenvalue weighted by Crippen LogP contribution is 2.32. The summed E-state index contributed by atoms with van der Waals surface area (Å²) in [5, 5.41) is 11.7.